The maximum absolute atomic E-state index is 13.5. The lowest BCUT2D eigenvalue weighted by Gasteiger charge is -2.14. The van der Waals surface area contributed by atoms with E-state index in [9.17, 15) is 4.79 Å². The van der Waals surface area contributed by atoms with Crippen molar-refractivity contribution in [2.24, 2.45) is 0 Å². The van der Waals surface area contributed by atoms with Crippen LogP contribution in [-0.4, -0.2) is 52.3 Å². The standard InChI is InChI=1S/C68H81N5O6/c1-3-5-7-9-11-17-23-53-25-31-58(32-26-53)67-72-51-63(52-73-67)76-44-20-14-15-21-45-77-64-42-37-60(68(74)79-62-40-33-57(34-41-62)56-29-27-54(48-69)28-30-56)47-65(64)78-46-22-16-13-19-43-75-61-38-35-59(36-39-61)66-70-49-55(50-71-66)24-18-12-10-8-6-4-2/h25-42,47,49-52H,3-24,43-46H2,1-2H3. The van der Waals surface area contributed by atoms with Gasteiger partial charge in [0, 0.05) is 23.5 Å². The summed E-state index contributed by atoms with van der Waals surface area (Å²) < 4.78 is 30.4. The van der Waals surface area contributed by atoms with E-state index in [4.69, 9.17) is 28.9 Å². The van der Waals surface area contributed by atoms with Crippen molar-refractivity contribution in [3.8, 4) is 68.7 Å². The third-order valence-corrected chi connectivity index (χ3v) is 14.0. The number of esters is 1. The Morgan fingerprint density at radius 1 is 0.405 bits per heavy atom. The van der Waals surface area contributed by atoms with Gasteiger partial charge in [0.25, 0.3) is 0 Å². The van der Waals surface area contributed by atoms with Gasteiger partial charge in [0.05, 0.1) is 56.0 Å². The molecular weight excluding hydrogens is 983 g/mol. The number of hydrogen-bond donors (Lipinski definition) is 0. The van der Waals surface area contributed by atoms with E-state index in [1.54, 1.807) is 54.9 Å². The van der Waals surface area contributed by atoms with Crippen molar-refractivity contribution in [2.45, 2.75) is 155 Å². The minimum absolute atomic E-state index is 0.362. The summed E-state index contributed by atoms with van der Waals surface area (Å²) in [6.07, 6.45) is 32.5. The van der Waals surface area contributed by atoms with Crippen molar-refractivity contribution < 1.29 is 28.5 Å². The fourth-order valence-corrected chi connectivity index (χ4v) is 9.26. The van der Waals surface area contributed by atoms with Gasteiger partial charge < -0.3 is 23.7 Å². The topological polar surface area (TPSA) is 139 Å². The Morgan fingerprint density at radius 3 is 1.39 bits per heavy atom. The molecule has 0 aliphatic carbocycles. The smallest absolute Gasteiger partial charge is 0.343 e. The molecule has 0 amide bonds. The number of aromatic nitrogens is 4. The van der Waals surface area contributed by atoms with E-state index in [1.165, 1.54) is 88.2 Å². The van der Waals surface area contributed by atoms with Crippen LogP contribution in [0.25, 0.3) is 33.9 Å². The molecule has 0 unspecified atom stereocenters. The van der Waals surface area contributed by atoms with Crippen LogP contribution in [0.3, 0.4) is 0 Å². The molecule has 0 aliphatic rings. The maximum Gasteiger partial charge on any atom is 0.343 e. The average molecular weight is 1060 g/mol. The second-order valence-electron chi connectivity index (χ2n) is 20.4. The third kappa shape index (κ3) is 21.0. The lowest BCUT2D eigenvalue weighted by atomic mass is 10.0. The quantitative estimate of drug-likeness (QED) is 0.0209. The van der Waals surface area contributed by atoms with Crippen LogP contribution in [0, 0.1) is 11.3 Å². The number of carbonyl (C=O) groups is 1. The van der Waals surface area contributed by atoms with E-state index in [0.29, 0.717) is 66.4 Å². The highest BCUT2D eigenvalue weighted by atomic mass is 16.5. The van der Waals surface area contributed by atoms with E-state index >= 15 is 0 Å². The van der Waals surface area contributed by atoms with Crippen LogP contribution in [-0.2, 0) is 12.8 Å². The van der Waals surface area contributed by atoms with Crippen molar-refractivity contribution in [3.63, 3.8) is 0 Å². The Morgan fingerprint density at radius 2 is 0.835 bits per heavy atom. The summed E-state index contributed by atoms with van der Waals surface area (Å²) in [4.78, 5) is 31.9. The van der Waals surface area contributed by atoms with Gasteiger partial charge in [-0.05, 0) is 166 Å². The maximum atomic E-state index is 13.5. The summed E-state index contributed by atoms with van der Waals surface area (Å²) in [7, 11) is 0. The molecule has 79 heavy (non-hydrogen) atoms. The van der Waals surface area contributed by atoms with E-state index in [1.807, 2.05) is 60.9 Å². The number of rotatable bonds is 37. The van der Waals surface area contributed by atoms with Crippen molar-refractivity contribution in [1.29, 1.82) is 5.26 Å². The molecule has 7 rings (SSSR count). The fourth-order valence-electron chi connectivity index (χ4n) is 9.26. The molecule has 0 fully saturated rings. The Hall–Kier alpha value is -7.58. The molecule has 0 saturated carbocycles. The highest BCUT2D eigenvalue weighted by Crippen LogP contribution is 2.31. The molecule has 11 nitrogen and oxygen atoms in total. The number of nitriles is 1. The van der Waals surface area contributed by atoms with Crippen LogP contribution in [0.1, 0.15) is 169 Å². The molecule has 0 saturated heterocycles. The number of carbonyl (C=O) groups excluding carboxylic acids is 1. The molecule has 0 N–H and O–H groups in total. The predicted molar refractivity (Wildman–Crippen MR) is 316 cm³/mol. The van der Waals surface area contributed by atoms with E-state index < -0.39 is 5.97 Å². The summed E-state index contributed by atoms with van der Waals surface area (Å²) in [5.41, 5.74) is 7.42. The Bertz CT molecular complexity index is 2850. The van der Waals surface area contributed by atoms with Crippen LogP contribution >= 0.6 is 0 Å². The van der Waals surface area contributed by atoms with Gasteiger partial charge >= 0.3 is 5.97 Å². The van der Waals surface area contributed by atoms with Gasteiger partial charge in [0.2, 0.25) is 0 Å². The lowest BCUT2D eigenvalue weighted by molar-refractivity contribution is 0.0734. The van der Waals surface area contributed by atoms with Crippen LogP contribution in [0.5, 0.6) is 28.7 Å². The van der Waals surface area contributed by atoms with Crippen LogP contribution in [0.4, 0.5) is 0 Å². The number of hydrogen-bond acceptors (Lipinski definition) is 11. The summed E-state index contributed by atoms with van der Waals surface area (Å²) in [5, 5.41) is 9.16. The minimum atomic E-state index is -0.494. The van der Waals surface area contributed by atoms with Crippen LogP contribution in [0.2, 0.25) is 0 Å². The number of unbranched alkanes of at least 4 members (excludes halogenated alkanes) is 16. The second kappa shape index (κ2) is 34.3. The monoisotopic (exact) mass is 1060 g/mol. The third-order valence-electron chi connectivity index (χ3n) is 14.0. The highest BCUT2D eigenvalue weighted by Gasteiger charge is 2.15. The van der Waals surface area contributed by atoms with Crippen LogP contribution in [0.15, 0.2) is 140 Å². The van der Waals surface area contributed by atoms with Crippen molar-refractivity contribution in [3.05, 3.63) is 162 Å². The molecule has 11 heteroatoms. The van der Waals surface area contributed by atoms with Crippen molar-refractivity contribution >= 4 is 5.97 Å². The summed E-state index contributed by atoms with van der Waals surface area (Å²) in [6.45, 7) is 6.68. The van der Waals surface area contributed by atoms with E-state index in [0.717, 1.165) is 98.0 Å². The van der Waals surface area contributed by atoms with Gasteiger partial charge in [0.1, 0.15) is 11.5 Å². The SMILES string of the molecule is CCCCCCCCc1ccc(-c2ncc(OCCCCCCOc3ccc(C(=O)Oc4ccc(-c5ccc(C#N)cc5)cc4)cc3OCCCCCCOc3ccc(-c4ncc(CCCCCCCC)cn4)cc3)cn2)cc1. The summed E-state index contributed by atoms with van der Waals surface area (Å²) >= 11 is 0. The first kappa shape index (κ1) is 59.1. The molecule has 0 radical (unpaired) electrons. The van der Waals surface area contributed by atoms with Gasteiger partial charge in [-0.3, -0.25) is 0 Å². The zero-order chi connectivity index (χ0) is 55.0. The minimum Gasteiger partial charge on any atom is -0.494 e. The molecule has 0 atom stereocenters. The average Bonchev–Trinajstić information content (AvgIpc) is 3.50. The predicted octanol–water partition coefficient (Wildman–Crippen LogP) is 17.2. The Labute approximate surface area is 470 Å². The number of aryl methyl sites for hydroxylation is 2. The lowest BCUT2D eigenvalue weighted by Crippen LogP contribution is -2.10. The molecule has 2 heterocycles. The van der Waals surface area contributed by atoms with Crippen LogP contribution < -0.4 is 23.7 Å². The van der Waals surface area contributed by atoms with Gasteiger partial charge in [-0.15, -0.1) is 0 Å². The zero-order valence-electron chi connectivity index (χ0n) is 46.8. The first-order valence-electron chi connectivity index (χ1n) is 29.3. The van der Waals surface area contributed by atoms with Gasteiger partial charge in [-0.1, -0.05) is 127 Å². The number of ether oxygens (including phenoxy) is 5. The molecule has 7 aromatic rings. The van der Waals surface area contributed by atoms with E-state index in [2.05, 4.69) is 64.1 Å². The molecular formula is C68H81N5O6. The normalized spacial score (nSPS) is 11.0. The number of benzene rings is 5. The first-order chi connectivity index (χ1) is 39.0. The van der Waals surface area contributed by atoms with Gasteiger partial charge in [-0.2, -0.15) is 5.26 Å². The molecule has 0 aliphatic heterocycles. The largest absolute Gasteiger partial charge is 0.494 e. The fraction of sp³-hybridized carbons (Fsp3) is 0.412. The number of nitrogens with zero attached hydrogens (tertiary/aromatic N) is 5. The molecule has 0 spiro atoms. The Kier molecular flexibility index (Phi) is 25.7. The van der Waals surface area contributed by atoms with Crippen molar-refractivity contribution in [1.82, 2.24) is 19.9 Å². The van der Waals surface area contributed by atoms with Crippen molar-refractivity contribution in [2.75, 3.05) is 26.4 Å². The van der Waals surface area contributed by atoms with Gasteiger partial charge in [-0.25, -0.2) is 24.7 Å². The first-order valence-corrected chi connectivity index (χ1v) is 29.3. The molecule has 414 valence electrons. The molecule has 5 aromatic carbocycles. The zero-order valence-corrected chi connectivity index (χ0v) is 46.8. The summed E-state index contributed by atoms with van der Waals surface area (Å²) in [6, 6.07) is 38.7. The second-order valence-corrected chi connectivity index (χ2v) is 20.4. The molecule has 0 bridgehead atoms. The highest BCUT2D eigenvalue weighted by molar-refractivity contribution is 5.92. The molecule has 2 aromatic heterocycles. The Balaban J connectivity index is 0.818. The van der Waals surface area contributed by atoms with E-state index in [-0.39, 0.29) is 0 Å². The summed E-state index contributed by atoms with van der Waals surface area (Å²) in [5.74, 6) is 3.95. The van der Waals surface area contributed by atoms with Gasteiger partial charge in [0.15, 0.2) is 28.9 Å².